The fourth-order valence-corrected chi connectivity index (χ4v) is 2.34. The number of anilines is 1. The number of carbonyl (C=O) groups excluding carboxylic acids is 1. The molecule has 1 aromatic heterocycles. The van der Waals surface area contributed by atoms with Crippen LogP contribution in [-0.2, 0) is 4.74 Å². The van der Waals surface area contributed by atoms with Gasteiger partial charge in [0.1, 0.15) is 10.8 Å². The predicted molar refractivity (Wildman–Crippen MR) is 81.7 cm³/mol. The summed E-state index contributed by atoms with van der Waals surface area (Å²) in [6, 6.07) is 1.67. The first-order valence-electron chi connectivity index (χ1n) is 6.99. The summed E-state index contributed by atoms with van der Waals surface area (Å²) in [4.78, 5) is 24.4. The third-order valence-electron chi connectivity index (χ3n) is 3.15. The second-order valence-corrected chi connectivity index (χ2v) is 6.54. The SMILES string of the molecule is C[C@H]1CN(c2nccc(Cl)n2)CCN1C(=O)OC(C)(C)C. The molecule has 116 valence electrons. The van der Waals surface area contributed by atoms with Crippen molar-refractivity contribution in [1.29, 1.82) is 0 Å². The van der Waals surface area contributed by atoms with Gasteiger partial charge in [-0.1, -0.05) is 11.6 Å². The Labute approximate surface area is 130 Å². The summed E-state index contributed by atoms with van der Waals surface area (Å²) in [5.41, 5.74) is -0.482. The van der Waals surface area contributed by atoms with E-state index in [2.05, 4.69) is 9.97 Å². The van der Waals surface area contributed by atoms with E-state index in [1.807, 2.05) is 32.6 Å². The summed E-state index contributed by atoms with van der Waals surface area (Å²) in [7, 11) is 0. The first kappa shape index (κ1) is 15.8. The monoisotopic (exact) mass is 312 g/mol. The zero-order valence-corrected chi connectivity index (χ0v) is 13.6. The zero-order valence-electron chi connectivity index (χ0n) is 12.8. The minimum atomic E-state index is -0.482. The number of carbonyl (C=O) groups is 1. The van der Waals surface area contributed by atoms with Gasteiger partial charge in [0.15, 0.2) is 0 Å². The van der Waals surface area contributed by atoms with Crippen molar-refractivity contribution in [3.8, 4) is 0 Å². The number of nitrogens with zero attached hydrogens (tertiary/aromatic N) is 4. The molecule has 21 heavy (non-hydrogen) atoms. The second-order valence-electron chi connectivity index (χ2n) is 6.15. The fraction of sp³-hybridized carbons (Fsp3) is 0.643. The largest absolute Gasteiger partial charge is 0.444 e. The van der Waals surface area contributed by atoms with Crippen molar-refractivity contribution < 1.29 is 9.53 Å². The highest BCUT2D eigenvalue weighted by Crippen LogP contribution is 2.19. The molecule has 1 amide bonds. The highest BCUT2D eigenvalue weighted by atomic mass is 35.5. The van der Waals surface area contributed by atoms with Gasteiger partial charge in [-0.15, -0.1) is 0 Å². The van der Waals surface area contributed by atoms with E-state index >= 15 is 0 Å². The summed E-state index contributed by atoms with van der Waals surface area (Å²) in [5, 5.41) is 0.419. The van der Waals surface area contributed by atoms with Crippen LogP contribution in [-0.4, -0.2) is 52.2 Å². The van der Waals surface area contributed by atoms with Crippen LogP contribution in [0.2, 0.25) is 5.15 Å². The molecule has 0 unspecified atom stereocenters. The lowest BCUT2D eigenvalue weighted by Crippen LogP contribution is -2.55. The van der Waals surface area contributed by atoms with Gasteiger partial charge in [0.2, 0.25) is 5.95 Å². The number of aromatic nitrogens is 2. The van der Waals surface area contributed by atoms with E-state index in [1.165, 1.54) is 0 Å². The third kappa shape index (κ3) is 4.20. The van der Waals surface area contributed by atoms with E-state index in [0.29, 0.717) is 30.7 Å². The molecule has 0 aliphatic carbocycles. The minimum Gasteiger partial charge on any atom is -0.444 e. The zero-order chi connectivity index (χ0) is 15.6. The van der Waals surface area contributed by atoms with Crippen LogP contribution in [0, 0.1) is 0 Å². The number of rotatable bonds is 1. The standard InChI is InChI=1S/C14H21ClN4O2/c1-10-9-18(12-16-6-5-11(15)17-12)7-8-19(10)13(20)21-14(2,3)4/h5-6,10H,7-9H2,1-4H3/t10-/m0/s1. The lowest BCUT2D eigenvalue weighted by Gasteiger charge is -2.40. The number of halogens is 1. The molecule has 7 heteroatoms. The van der Waals surface area contributed by atoms with Crippen molar-refractivity contribution in [3.63, 3.8) is 0 Å². The van der Waals surface area contributed by atoms with E-state index in [0.717, 1.165) is 0 Å². The van der Waals surface area contributed by atoms with Crippen LogP contribution >= 0.6 is 11.6 Å². The lowest BCUT2D eigenvalue weighted by molar-refractivity contribution is 0.0158. The Morgan fingerprint density at radius 2 is 2.14 bits per heavy atom. The maximum atomic E-state index is 12.2. The molecule has 1 fully saturated rings. The van der Waals surface area contributed by atoms with Crippen LogP contribution in [0.25, 0.3) is 0 Å². The lowest BCUT2D eigenvalue weighted by atomic mass is 10.2. The number of ether oxygens (including phenoxy) is 1. The smallest absolute Gasteiger partial charge is 0.410 e. The molecule has 0 bridgehead atoms. The summed E-state index contributed by atoms with van der Waals surface area (Å²) in [6.07, 6.45) is 1.36. The van der Waals surface area contributed by atoms with Crippen molar-refractivity contribution in [2.75, 3.05) is 24.5 Å². The summed E-state index contributed by atoms with van der Waals surface area (Å²) in [5.74, 6) is 0.596. The molecule has 6 nitrogen and oxygen atoms in total. The molecule has 1 saturated heterocycles. The topological polar surface area (TPSA) is 58.6 Å². The molecule has 0 spiro atoms. The van der Waals surface area contributed by atoms with Crippen LogP contribution < -0.4 is 4.90 Å². The number of hydrogen-bond donors (Lipinski definition) is 0. The molecule has 1 aliphatic rings. The molecule has 0 radical (unpaired) electrons. The van der Waals surface area contributed by atoms with Crippen LogP contribution in [0.5, 0.6) is 0 Å². The highest BCUT2D eigenvalue weighted by molar-refractivity contribution is 6.29. The van der Waals surface area contributed by atoms with Crippen molar-refractivity contribution in [3.05, 3.63) is 17.4 Å². The van der Waals surface area contributed by atoms with E-state index in [1.54, 1.807) is 17.2 Å². The molecular formula is C14H21ClN4O2. The van der Waals surface area contributed by atoms with Crippen LogP contribution in [0.3, 0.4) is 0 Å². The number of amides is 1. The van der Waals surface area contributed by atoms with Gasteiger partial charge < -0.3 is 14.5 Å². The van der Waals surface area contributed by atoms with Gasteiger partial charge in [-0.2, -0.15) is 0 Å². The van der Waals surface area contributed by atoms with E-state index in [9.17, 15) is 4.79 Å². The van der Waals surface area contributed by atoms with Crippen LogP contribution in [0.15, 0.2) is 12.3 Å². The number of hydrogen-bond acceptors (Lipinski definition) is 5. The molecule has 1 aliphatic heterocycles. The molecule has 0 N–H and O–H groups in total. The van der Waals surface area contributed by atoms with Gasteiger partial charge in [-0.3, -0.25) is 0 Å². The maximum absolute atomic E-state index is 12.2. The molecule has 0 aromatic carbocycles. The van der Waals surface area contributed by atoms with Gasteiger partial charge in [-0.05, 0) is 33.8 Å². The Morgan fingerprint density at radius 3 is 2.71 bits per heavy atom. The van der Waals surface area contributed by atoms with E-state index in [-0.39, 0.29) is 12.1 Å². The molecule has 0 saturated carbocycles. The third-order valence-corrected chi connectivity index (χ3v) is 3.36. The molecule has 2 heterocycles. The van der Waals surface area contributed by atoms with Gasteiger partial charge in [0.05, 0.1) is 0 Å². The maximum Gasteiger partial charge on any atom is 0.410 e. The Morgan fingerprint density at radius 1 is 1.43 bits per heavy atom. The average Bonchev–Trinajstić information content (AvgIpc) is 2.36. The quantitative estimate of drug-likeness (QED) is 0.746. The van der Waals surface area contributed by atoms with Crippen molar-refractivity contribution in [2.45, 2.75) is 39.3 Å². The fourth-order valence-electron chi connectivity index (χ4n) is 2.21. The van der Waals surface area contributed by atoms with Crippen molar-refractivity contribution in [1.82, 2.24) is 14.9 Å². The van der Waals surface area contributed by atoms with Gasteiger partial charge in [0, 0.05) is 31.9 Å². The van der Waals surface area contributed by atoms with Gasteiger partial charge in [0.25, 0.3) is 0 Å². The molecule has 1 atom stereocenters. The minimum absolute atomic E-state index is 0.0242. The molecule has 2 rings (SSSR count). The normalized spacial score (nSPS) is 19.6. The number of piperazine rings is 1. The Bertz CT molecular complexity index is 518. The summed E-state index contributed by atoms with van der Waals surface area (Å²) < 4.78 is 5.42. The summed E-state index contributed by atoms with van der Waals surface area (Å²) >= 11 is 5.89. The predicted octanol–water partition coefficient (Wildman–Crippen LogP) is 2.58. The first-order chi connectivity index (χ1) is 9.76. The molecular weight excluding hydrogens is 292 g/mol. The summed E-state index contributed by atoms with van der Waals surface area (Å²) in [6.45, 7) is 9.47. The van der Waals surface area contributed by atoms with E-state index < -0.39 is 5.60 Å². The Balaban J connectivity index is 2.01. The Kier molecular flexibility index (Phi) is 4.56. The Hall–Kier alpha value is -1.56. The highest BCUT2D eigenvalue weighted by Gasteiger charge is 2.31. The first-order valence-corrected chi connectivity index (χ1v) is 7.37. The molecule has 1 aromatic rings. The van der Waals surface area contributed by atoms with Gasteiger partial charge >= 0.3 is 6.09 Å². The average molecular weight is 313 g/mol. The van der Waals surface area contributed by atoms with E-state index in [4.69, 9.17) is 16.3 Å². The van der Waals surface area contributed by atoms with Crippen molar-refractivity contribution in [2.24, 2.45) is 0 Å². The second kappa shape index (κ2) is 6.05. The van der Waals surface area contributed by atoms with Crippen LogP contribution in [0.4, 0.5) is 10.7 Å². The van der Waals surface area contributed by atoms with Crippen LogP contribution in [0.1, 0.15) is 27.7 Å². The van der Waals surface area contributed by atoms with Gasteiger partial charge in [-0.25, -0.2) is 14.8 Å². The van der Waals surface area contributed by atoms with Crippen molar-refractivity contribution >= 4 is 23.6 Å².